The smallest absolute Gasteiger partial charge is 0.336 e. The minimum Gasteiger partial charge on any atom is -0.478 e. The van der Waals surface area contributed by atoms with Crippen LogP contribution in [0.25, 0.3) is 0 Å². The molecule has 17 heavy (non-hydrogen) atoms. The molecule has 0 aliphatic carbocycles. The molecule has 5 N–H and O–H groups in total. The molecular weight excluding hydrogens is 240 g/mol. The van der Waals surface area contributed by atoms with Crippen LogP contribution in [-0.2, 0) is 13.0 Å². The third-order valence-corrected chi connectivity index (χ3v) is 3.18. The van der Waals surface area contributed by atoms with Gasteiger partial charge in [-0.25, -0.2) is 10.2 Å². The second kappa shape index (κ2) is 4.64. The Morgan fingerprint density at radius 2 is 2.41 bits per heavy atom. The van der Waals surface area contributed by atoms with E-state index in [1.807, 2.05) is 4.90 Å². The maximum Gasteiger partial charge on any atom is 0.336 e. The number of fused-ring (bicyclic) bond motifs is 1. The third kappa shape index (κ3) is 2.20. The summed E-state index contributed by atoms with van der Waals surface area (Å²) in [6.07, 6.45) is 2.23. The molecule has 0 saturated carbocycles. The summed E-state index contributed by atoms with van der Waals surface area (Å²) < 4.78 is 0. The van der Waals surface area contributed by atoms with Crippen molar-refractivity contribution < 1.29 is 15.7 Å². The number of aromatic nitrogens is 1. The maximum atomic E-state index is 11.1. The molecule has 2 heterocycles. The van der Waals surface area contributed by atoms with Crippen LogP contribution < -0.4 is 11.3 Å². The zero-order valence-electron chi connectivity index (χ0n) is 9.14. The Hall–Kier alpha value is -1.73. The van der Waals surface area contributed by atoms with Gasteiger partial charge < -0.3 is 10.0 Å². The van der Waals surface area contributed by atoms with Gasteiger partial charge in [-0.05, 0) is 18.3 Å². The van der Waals surface area contributed by atoms with Crippen LogP contribution in [0.5, 0.6) is 0 Å². The Labute approximate surface area is 103 Å². The summed E-state index contributed by atoms with van der Waals surface area (Å²) >= 11 is 5.10. The van der Waals surface area contributed by atoms with Crippen molar-refractivity contribution in [3.8, 4) is 0 Å². The van der Waals surface area contributed by atoms with Gasteiger partial charge in [0.15, 0.2) is 0 Å². The van der Waals surface area contributed by atoms with Crippen molar-refractivity contribution in [3.05, 3.63) is 29.1 Å². The Morgan fingerprint density at radius 3 is 3.06 bits per heavy atom. The van der Waals surface area contributed by atoms with E-state index >= 15 is 0 Å². The standard InChI is InChI=1S/C10H12N4O2S/c11-13-10(17)14-4-2-8-7(5-14)6(9(15)16)1-3-12-8/h1,3H,2,4-5,11H2,(H,13,17)(H,15,16)/p+1. The molecule has 0 saturated heterocycles. The zero-order valence-corrected chi connectivity index (χ0v) is 9.96. The molecule has 2 rings (SSSR count). The number of thiocarbonyl (C=S) groups is 1. The van der Waals surface area contributed by atoms with Crippen LogP contribution >= 0.6 is 12.2 Å². The van der Waals surface area contributed by atoms with E-state index in [0.29, 0.717) is 23.6 Å². The topological polar surface area (TPSA) is 93.1 Å². The first-order chi connectivity index (χ1) is 8.13. The normalized spacial score (nSPS) is 14.1. The van der Waals surface area contributed by atoms with Crippen molar-refractivity contribution in [2.45, 2.75) is 13.0 Å². The second-order valence-electron chi connectivity index (χ2n) is 3.74. The zero-order chi connectivity index (χ0) is 12.4. The van der Waals surface area contributed by atoms with Gasteiger partial charge in [-0.15, -0.1) is 0 Å². The molecule has 0 atom stereocenters. The lowest BCUT2D eigenvalue weighted by Crippen LogP contribution is -2.69. The molecule has 0 spiro atoms. The van der Waals surface area contributed by atoms with Gasteiger partial charge in [0.2, 0.25) is 5.11 Å². The van der Waals surface area contributed by atoms with Crippen molar-refractivity contribution >= 4 is 23.3 Å². The molecular formula is C10H13N4O2S+. The molecule has 6 nitrogen and oxygen atoms in total. The number of hydrogen-bond donors (Lipinski definition) is 3. The second-order valence-corrected chi connectivity index (χ2v) is 4.13. The van der Waals surface area contributed by atoms with E-state index in [-0.39, 0.29) is 0 Å². The van der Waals surface area contributed by atoms with Gasteiger partial charge >= 0.3 is 5.97 Å². The first-order valence-corrected chi connectivity index (χ1v) is 5.56. The lowest BCUT2D eigenvalue weighted by Gasteiger charge is -2.29. The largest absolute Gasteiger partial charge is 0.478 e. The van der Waals surface area contributed by atoms with Crippen LogP contribution in [-0.4, -0.2) is 32.6 Å². The van der Waals surface area contributed by atoms with Gasteiger partial charge in [0.25, 0.3) is 0 Å². The summed E-state index contributed by atoms with van der Waals surface area (Å²) in [5.74, 6) is 2.58. The highest BCUT2D eigenvalue weighted by atomic mass is 32.1. The van der Waals surface area contributed by atoms with E-state index < -0.39 is 5.97 Å². The fourth-order valence-electron chi connectivity index (χ4n) is 1.92. The highest BCUT2D eigenvalue weighted by Crippen LogP contribution is 2.20. The molecule has 0 amide bonds. The van der Waals surface area contributed by atoms with Gasteiger partial charge in [-0.3, -0.25) is 10.8 Å². The molecule has 90 valence electrons. The minimum atomic E-state index is -0.931. The molecule has 0 bridgehead atoms. The Kier molecular flexibility index (Phi) is 3.21. The van der Waals surface area contributed by atoms with Crippen LogP contribution in [0.1, 0.15) is 21.6 Å². The van der Waals surface area contributed by atoms with Crippen LogP contribution in [0.4, 0.5) is 0 Å². The minimum absolute atomic E-state index is 0.298. The highest BCUT2D eigenvalue weighted by molar-refractivity contribution is 7.80. The average Bonchev–Trinajstić information content (AvgIpc) is 2.36. The quantitative estimate of drug-likeness (QED) is 0.447. The molecule has 7 heteroatoms. The van der Waals surface area contributed by atoms with Crippen molar-refractivity contribution in [1.82, 2.24) is 15.3 Å². The number of carboxylic acids is 1. The van der Waals surface area contributed by atoms with Crippen molar-refractivity contribution in [2.24, 2.45) is 0 Å². The summed E-state index contributed by atoms with van der Waals surface area (Å²) in [5, 5.41) is 9.64. The molecule has 0 fully saturated rings. The van der Waals surface area contributed by atoms with Crippen LogP contribution in [0, 0.1) is 0 Å². The van der Waals surface area contributed by atoms with E-state index in [9.17, 15) is 4.79 Å². The lowest BCUT2D eigenvalue weighted by atomic mass is 10.0. The van der Waals surface area contributed by atoms with Gasteiger partial charge in [0, 0.05) is 37.0 Å². The number of nitrogens with zero attached hydrogens (tertiary/aromatic N) is 2. The summed E-state index contributed by atoms with van der Waals surface area (Å²) in [7, 11) is 0. The first-order valence-electron chi connectivity index (χ1n) is 5.15. The molecule has 1 aromatic heterocycles. The van der Waals surface area contributed by atoms with Gasteiger partial charge in [-0.1, -0.05) is 0 Å². The number of quaternary nitrogens is 1. The Balaban J connectivity index is 2.35. The van der Waals surface area contributed by atoms with Gasteiger partial charge in [-0.2, -0.15) is 0 Å². The predicted octanol–water partition coefficient (Wildman–Crippen LogP) is -0.831. The number of rotatable bonds is 1. The molecule has 1 aromatic rings. The monoisotopic (exact) mass is 253 g/mol. The number of nitrogens with one attached hydrogen (secondary N) is 1. The van der Waals surface area contributed by atoms with E-state index in [1.165, 1.54) is 12.3 Å². The highest BCUT2D eigenvalue weighted by Gasteiger charge is 2.23. The van der Waals surface area contributed by atoms with Crippen molar-refractivity contribution in [2.75, 3.05) is 6.54 Å². The molecule has 0 unspecified atom stereocenters. The van der Waals surface area contributed by atoms with Gasteiger partial charge in [0.05, 0.1) is 5.56 Å². The number of pyridine rings is 1. The third-order valence-electron chi connectivity index (χ3n) is 2.78. The molecule has 1 aliphatic rings. The van der Waals surface area contributed by atoms with E-state index in [0.717, 1.165) is 17.8 Å². The molecule has 0 radical (unpaired) electrons. The predicted molar refractivity (Wildman–Crippen MR) is 63.9 cm³/mol. The van der Waals surface area contributed by atoms with Crippen LogP contribution in [0.15, 0.2) is 12.3 Å². The molecule has 1 aliphatic heterocycles. The van der Waals surface area contributed by atoms with Crippen molar-refractivity contribution in [3.63, 3.8) is 0 Å². The van der Waals surface area contributed by atoms with Crippen LogP contribution in [0.2, 0.25) is 0 Å². The SMILES string of the molecule is [NH3+]NC(=S)N1CCc2nccc(C(=O)O)c2C1. The summed E-state index contributed by atoms with van der Waals surface area (Å²) in [5.41, 5.74) is 4.53. The van der Waals surface area contributed by atoms with E-state index in [2.05, 4.69) is 16.3 Å². The average molecular weight is 253 g/mol. The summed E-state index contributed by atoms with van der Waals surface area (Å²) in [4.78, 5) is 17.2. The van der Waals surface area contributed by atoms with E-state index in [1.54, 1.807) is 0 Å². The lowest BCUT2D eigenvalue weighted by molar-refractivity contribution is -0.420. The number of aromatic carboxylic acids is 1. The van der Waals surface area contributed by atoms with Gasteiger partial charge in [0.1, 0.15) is 0 Å². The number of carbonyl (C=O) groups is 1. The first kappa shape index (κ1) is 11.7. The number of hydrogen-bond acceptors (Lipinski definition) is 3. The maximum absolute atomic E-state index is 11.1. The fraction of sp³-hybridized carbons (Fsp3) is 0.300. The Morgan fingerprint density at radius 1 is 1.65 bits per heavy atom. The van der Waals surface area contributed by atoms with E-state index in [4.69, 9.17) is 17.3 Å². The fourth-order valence-corrected chi connectivity index (χ4v) is 2.08. The number of carboxylic acid groups (broad SMARTS) is 1. The summed E-state index contributed by atoms with van der Waals surface area (Å²) in [6, 6.07) is 1.52. The molecule has 0 aromatic carbocycles. The van der Waals surface area contributed by atoms with Crippen molar-refractivity contribution in [1.29, 1.82) is 0 Å². The van der Waals surface area contributed by atoms with Crippen LogP contribution in [0.3, 0.4) is 0 Å². The Bertz CT molecular complexity index is 477. The summed E-state index contributed by atoms with van der Waals surface area (Å²) in [6.45, 7) is 1.19.